The minimum Gasteiger partial charge on any atom is -0.379 e. The molecule has 0 aromatic heterocycles. The minimum atomic E-state index is -0.452. The van der Waals surface area contributed by atoms with Gasteiger partial charge in [-0.05, 0) is 18.1 Å². The Morgan fingerprint density at radius 2 is 1.95 bits per heavy atom. The summed E-state index contributed by atoms with van der Waals surface area (Å²) in [7, 11) is 0. The molecule has 1 atom stereocenters. The maximum Gasteiger partial charge on any atom is 0.241 e. The molecule has 5 nitrogen and oxygen atoms in total. The number of halogens is 2. The van der Waals surface area contributed by atoms with Crippen LogP contribution in [0.1, 0.15) is 18.9 Å². The topological polar surface area (TPSA) is 67.6 Å². The summed E-state index contributed by atoms with van der Waals surface area (Å²) in [5.74, 6) is -0.123. The van der Waals surface area contributed by atoms with Crippen molar-refractivity contribution in [2.45, 2.75) is 25.9 Å². The molecule has 1 aliphatic rings. The van der Waals surface area contributed by atoms with Gasteiger partial charge in [-0.25, -0.2) is 0 Å². The molecule has 1 amide bonds. The summed E-state index contributed by atoms with van der Waals surface area (Å²) in [4.78, 5) is 14.2. The smallest absolute Gasteiger partial charge is 0.241 e. The SMILES string of the molecule is CC[C@H](N)C(=O)Nc1ccccc1CN1CCOCC1.Cl.Cl. The molecule has 1 heterocycles. The number of nitrogens with one attached hydrogen (secondary N) is 1. The fourth-order valence-electron chi connectivity index (χ4n) is 2.19. The van der Waals surface area contributed by atoms with Crippen LogP contribution in [0.25, 0.3) is 0 Å². The summed E-state index contributed by atoms with van der Waals surface area (Å²) >= 11 is 0. The van der Waals surface area contributed by atoms with Gasteiger partial charge in [-0.1, -0.05) is 25.1 Å². The second kappa shape index (κ2) is 10.8. The van der Waals surface area contributed by atoms with E-state index >= 15 is 0 Å². The fraction of sp³-hybridized carbons (Fsp3) is 0.533. The Morgan fingerprint density at radius 3 is 2.59 bits per heavy atom. The summed E-state index contributed by atoms with van der Waals surface area (Å²) in [5, 5.41) is 2.93. The minimum absolute atomic E-state index is 0. The summed E-state index contributed by atoms with van der Waals surface area (Å²) < 4.78 is 5.35. The van der Waals surface area contributed by atoms with Crippen molar-refractivity contribution in [3.05, 3.63) is 29.8 Å². The highest BCUT2D eigenvalue weighted by Crippen LogP contribution is 2.18. The van der Waals surface area contributed by atoms with Gasteiger partial charge >= 0.3 is 0 Å². The van der Waals surface area contributed by atoms with Crippen molar-refractivity contribution in [2.75, 3.05) is 31.6 Å². The molecule has 1 aromatic rings. The van der Waals surface area contributed by atoms with Crippen molar-refractivity contribution in [1.29, 1.82) is 0 Å². The predicted molar refractivity (Wildman–Crippen MR) is 93.9 cm³/mol. The molecule has 0 radical (unpaired) electrons. The number of hydrogen-bond donors (Lipinski definition) is 2. The van der Waals surface area contributed by atoms with Crippen LogP contribution in [0.3, 0.4) is 0 Å². The van der Waals surface area contributed by atoms with E-state index in [0.717, 1.165) is 44.1 Å². The zero-order valence-electron chi connectivity index (χ0n) is 12.8. The molecule has 0 saturated carbocycles. The number of carbonyl (C=O) groups excluding carboxylic acids is 1. The van der Waals surface area contributed by atoms with Gasteiger partial charge in [0.2, 0.25) is 5.91 Å². The van der Waals surface area contributed by atoms with E-state index in [9.17, 15) is 4.79 Å². The predicted octanol–water partition coefficient (Wildman–Crippen LogP) is 2.04. The summed E-state index contributed by atoms with van der Waals surface area (Å²) in [6.45, 7) is 6.13. The quantitative estimate of drug-likeness (QED) is 0.853. The zero-order chi connectivity index (χ0) is 14.4. The van der Waals surface area contributed by atoms with Crippen molar-refractivity contribution in [3.8, 4) is 0 Å². The van der Waals surface area contributed by atoms with E-state index in [-0.39, 0.29) is 30.7 Å². The van der Waals surface area contributed by atoms with Gasteiger partial charge in [-0.2, -0.15) is 0 Å². The van der Waals surface area contributed by atoms with Gasteiger partial charge in [0.1, 0.15) is 0 Å². The van der Waals surface area contributed by atoms with Crippen LogP contribution in [-0.4, -0.2) is 43.2 Å². The molecule has 0 spiro atoms. The number of ether oxygens (including phenoxy) is 1. The third-order valence-corrected chi connectivity index (χ3v) is 3.55. The third-order valence-electron chi connectivity index (χ3n) is 3.55. The molecule has 0 bridgehead atoms. The first kappa shape index (κ1) is 21.1. The Balaban J connectivity index is 0.00000220. The zero-order valence-corrected chi connectivity index (χ0v) is 14.4. The maximum atomic E-state index is 11.9. The lowest BCUT2D eigenvalue weighted by molar-refractivity contribution is -0.117. The number of nitrogens with zero attached hydrogens (tertiary/aromatic N) is 1. The van der Waals surface area contributed by atoms with E-state index in [2.05, 4.69) is 10.2 Å². The van der Waals surface area contributed by atoms with E-state index in [1.807, 2.05) is 31.2 Å². The van der Waals surface area contributed by atoms with Crippen LogP contribution in [0.4, 0.5) is 5.69 Å². The molecule has 1 aromatic carbocycles. The molecule has 1 fully saturated rings. The number of nitrogens with two attached hydrogens (primary N) is 1. The van der Waals surface area contributed by atoms with E-state index < -0.39 is 6.04 Å². The number of hydrogen-bond acceptors (Lipinski definition) is 4. The lowest BCUT2D eigenvalue weighted by atomic mass is 10.1. The molecule has 3 N–H and O–H groups in total. The number of carbonyl (C=O) groups is 1. The van der Waals surface area contributed by atoms with Gasteiger partial charge < -0.3 is 15.8 Å². The number of benzene rings is 1. The number of anilines is 1. The Labute approximate surface area is 144 Å². The van der Waals surface area contributed by atoms with Gasteiger partial charge in [-0.3, -0.25) is 9.69 Å². The first-order valence-corrected chi connectivity index (χ1v) is 7.15. The average molecular weight is 350 g/mol. The maximum absolute atomic E-state index is 11.9. The average Bonchev–Trinajstić information content (AvgIpc) is 2.49. The highest BCUT2D eigenvalue weighted by molar-refractivity contribution is 5.95. The Morgan fingerprint density at radius 1 is 1.32 bits per heavy atom. The molecule has 126 valence electrons. The number of amides is 1. The van der Waals surface area contributed by atoms with Crippen LogP contribution >= 0.6 is 24.8 Å². The van der Waals surface area contributed by atoms with E-state index in [0.29, 0.717) is 6.42 Å². The first-order chi connectivity index (χ1) is 9.70. The Kier molecular flexibility index (Phi) is 10.4. The molecular formula is C15H25Cl2N3O2. The van der Waals surface area contributed by atoms with Crippen LogP contribution in [0.2, 0.25) is 0 Å². The fourth-order valence-corrected chi connectivity index (χ4v) is 2.19. The van der Waals surface area contributed by atoms with Crippen LogP contribution in [0.15, 0.2) is 24.3 Å². The monoisotopic (exact) mass is 349 g/mol. The molecule has 0 unspecified atom stereocenters. The standard InChI is InChI=1S/C15H23N3O2.2ClH/c1-2-13(16)15(19)17-14-6-4-3-5-12(14)11-18-7-9-20-10-8-18;;/h3-6,13H,2,7-11,16H2,1H3,(H,17,19);2*1H/t13-;;/m0../s1. The van der Waals surface area contributed by atoms with Crippen LogP contribution in [0, 0.1) is 0 Å². The highest BCUT2D eigenvalue weighted by atomic mass is 35.5. The molecule has 1 aliphatic heterocycles. The first-order valence-electron chi connectivity index (χ1n) is 7.15. The summed E-state index contributed by atoms with van der Waals surface area (Å²) in [6.07, 6.45) is 0.636. The molecule has 2 rings (SSSR count). The van der Waals surface area contributed by atoms with E-state index in [1.54, 1.807) is 0 Å². The molecule has 1 saturated heterocycles. The second-order valence-corrected chi connectivity index (χ2v) is 5.05. The summed E-state index contributed by atoms with van der Waals surface area (Å²) in [6, 6.07) is 7.44. The highest BCUT2D eigenvalue weighted by Gasteiger charge is 2.15. The van der Waals surface area contributed by atoms with Gasteiger partial charge in [0, 0.05) is 25.3 Å². The molecule has 0 aliphatic carbocycles. The van der Waals surface area contributed by atoms with Crippen molar-refractivity contribution in [1.82, 2.24) is 4.90 Å². The van der Waals surface area contributed by atoms with Gasteiger partial charge in [0.25, 0.3) is 0 Å². The number of morpholine rings is 1. The van der Waals surface area contributed by atoms with Gasteiger partial charge in [0.15, 0.2) is 0 Å². The van der Waals surface area contributed by atoms with Gasteiger partial charge in [0.05, 0.1) is 19.3 Å². The second-order valence-electron chi connectivity index (χ2n) is 5.05. The van der Waals surface area contributed by atoms with Crippen LogP contribution < -0.4 is 11.1 Å². The van der Waals surface area contributed by atoms with Crippen LogP contribution in [-0.2, 0) is 16.1 Å². The van der Waals surface area contributed by atoms with Crippen LogP contribution in [0.5, 0.6) is 0 Å². The lowest BCUT2D eigenvalue weighted by Crippen LogP contribution is -2.37. The number of para-hydroxylation sites is 1. The van der Waals surface area contributed by atoms with E-state index in [4.69, 9.17) is 10.5 Å². The molecule has 22 heavy (non-hydrogen) atoms. The molecule has 7 heteroatoms. The Bertz CT molecular complexity index is 454. The normalized spacial score (nSPS) is 16.1. The van der Waals surface area contributed by atoms with Crippen molar-refractivity contribution < 1.29 is 9.53 Å². The largest absolute Gasteiger partial charge is 0.379 e. The van der Waals surface area contributed by atoms with Crippen molar-refractivity contribution in [3.63, 3.8) is 0 Å². The lowest BCUT2D eigenvalue weighted by Gasteiger charge is -2.27. The number of rotatable bonds is 5. The summed E-state index contributed by atoms with van der Waals surface area (Å²) in [5.41, 5.74) is 7.73. The third kappa shape index (κ3) is 6.10. The molecular weight excluding hydrogens is 325 g/mol. The van der Waals surface area contributed by atoms with Gasteiger partial charge in [-0.15, -0.1) is 24.8 Å². The van der Waals surface area contributed by atoms with Crippen molar-refractivity contribution >= 4 is 36.4 Å². The Hall–Kier alpha value is -0.850. The van der Waals surface area contributed by atoms with E-state index in [1.165, 1.54) is 0 Å². The van der Waals surface area contributed by atoms with Crippen molar-refractivity contribution in [2.24, 2.45) is 5.73 Å².